The second-order valence-corrected chi connectivity index (χ2v) is 7.69. The van der Waals surface area contributed by atoms with Gasteiger partial charge in [0.2, 0.25) is 0 Å². The van der Waals surface area contributed by atoms with Crippen molar-refractivity contribution in [1.29, 1.82) is 0 Å². The highest BCUT2D eigenvalue weighted by atomic mass is 19.4. The van der Waals surface area contributed by atoms with Crippen LogP contribution in [0.25, 0.3) is 11.4 Å². The fourth-order valence-electron chi connectivity index (χ4n) is 4.37. The molecule has 1 amide bonds. The van der Waals surface area contributed by atoms with Crippen LogP contribution in [0.5, 0.6) is 0 Å². The number of amides is 1. The van der Waals surface area contributed by atoms with Crippen molar-refractivity contribution in [3.05, 3.63) is 21.9 Å². The van der Waals surface area contributed by atoms with Gasteiger partial charge in [0.05, 0.1) is 6.04 Å². The summed E-state index contributed by atoms with van der Waals surface area (Å²) in [6.07, 6.45) is 0.0473. The number of H-pyrrole nitrogens is 1. The van der Waals surface area contributed by atoms with Gasteiger partial charge >= 0.3 is 12.1 Å². The van der Waals surface area contributed by atoms with Gasteiger partial charge in [0.1, 0.15) is 11.4 Å². The Morgan fingerprint density at radius 1 is 1.11 bits per heavy atom. The molecule has 1 aliphatic carbocycles. The fourth-order valence-corrected chi connectivity index (χ4v) is 4.37. The van der Waals surface area contributed by atoms with Gasteiger partial charge in [-0.1, -0.05) is 12.8 Å². The summed E-state index contributed by atoms with van der Waals surface area (Å²) in [5, 5.41) is 3.24. The molecule has 7 nitrogen and oxygen atoms in total. The predicted molar refractivity (Wildman–Crippen MR) is 94.1 cm³/mol. The van der Waals surface area contributed by atoms with E-state index in [4.69, 9.17) is 0 Å². The lowest BCUT2D eigenvalue weighted by Gasteiger charge is -2.31. The summed E-state index contributed by atoms with van der Waals surface area (Å²) in [6.45, 7) is 1.78. The number of likely N-dealkylation sites (tertiary alicyclic amines) is 1. The maximum absolute atomic E-state index is 12.6. The Balaban J connectivity index is 1.60. The Morgan fingerprint density at radius 2 is 1.75 bits per heavy atom. The molecule has 0 atom stereocenters. The highest BCUT2D eigenvalue weighted by Crippen LogP contribution is 2.35. The molecule has 152 valence electrons. The van der Waals surface area contributed by atoms with Gasteiger partial charge in [-0.2, -0.15) is 18.2 Å². The Bertz CT molecular complexity index is 905. The van der Waals surface area contributed by atoms with Crippen LogP contribution in [0.1, 0.15) is 62.0 Å². The van der Waals surface area contributed by atoms with Gasteiger partial charge in [0.25, 0.3) is 5.56 Å². The number of fused-ring (bicyclic) bond motifs is 1. The lowest BCUT2D eigenvalue weighted by atomic mass is 9.95. The second kappa shape index (κ2) is 6.89. The molecule has 1 saturated heterocycles. The van der Waals surface area contributed by atoms with E-state index in [2.05, 4.69) is 15.1 Å². The van der Waals surface area contributed by atoms with E-state index in [1.165, 1.54) is 0 Å². The minimum absolute atomic E-state index is 0.0204. The minimum Gasteiger partial charge on any atom is -0.335 e. The number of aryl methyl sites for hydroxylation is 1. The molecular weight excluding hydrogens is 375 g/mol. The number of aromatic amines is 1. The maximum Gasteiger partial charge on any atom is 0.471 e. The van der Waals surface area contributed by atoms with Gasteiger partial charge < -0.3 is 10.00 Å². The van der Waals surface area contributed by atoms with Gasteiger partial charge in [-0.25, -0.2) is 4.98 Å². The number of alkyl halides is 3. The third kappa shape index (κ3) is 3.29. The van der Waals surface area contributed by atoms with Crippen LogP contribution >= 0.6 is 0 Å². The van der Waals surface area contributed by atoms with E-state index >= 15 is 0 Å². The average Bonchev–Trinajstić information content (AvgIpc) is 3.28. The summed E-state index contributed by atoms with van der Waals surface area (Å²) in [5.41, 5.74) is 0.837. The normalized spacial score (nSPS) is 19.6. The number of hydrogen-bond donors (Lipinski definition) is 1. The number of nitrogens with zero attached hydrogens (tertiary/aromatic N) is 4. The van der Waals surface area contributed by atoms with E-state index in [1.54, 1.807) is 0 Å². The van der Waals surface area contributed by atoms with E-state index < -0.39 is 12.1 Å². The van der Waals surface area contributed by atoms with E-state index in [9.17, 15) is 22.8 Å². The first-order valence-corrected chi connectivity index (χ1v) is 9.60. The van der Waals surface area contributed by atoms with Crippen LogP contribution in [0.2, 0.25) is 0 Å². The second-order valence-electron chi connectivity index (χ2n) is 7.69. The maximum atomic E-state index is 12.6. The van der Waals surface area contributed by atoms with Crippen molar-refractivity contribution in [3.8, 4) is 11.4 Å². The molecule has 0 spiro atoms. The summed E-state index contributed by atoms with van der Waals surface area (Å²) in [6, 6.07) is 0.268. The van der Waals surface area contributed by atoms with Gasteiger partial charge in [-0.05, 0) is 32.6 Å². The van der Waals surface area contributed by atoms with Crippen molar-refractivity contribution in [1.82, 2.24) is 24.6 Å². The first-order valence-electron chi connectivity index (χ1n) is 9.60. The molecule has 1 N–H and O–H groups in total. The molecule has 0 aromatic carbocycles. The zero-order valence-electron chi connectivity index (χ0n) is 15.6. The standard InChI is InChI=1S/C18H22F3N5O2/c1-10-13-15(26(24-10)12-4-2-3-5-12)22-14(23-16(13)27)11-6-8-25(9-7-11)17(28)18(19,20)21/h11-12,24H,2-9H2,1H3. The van der Waals surface area contributed by atoms with E-state index in [0.717, 1.165) is 36.3 Å². The summed E-state index contributed by atoms with van der Waals surface area (Å²) in [7, 11) is 0. The third-order valence-electron chi connectivity index (χ3n) is 5.85. The van der Waals surface area contributed by atoms with Crippen molar-refractivity contribution in [2.24, 2.45) is 0 Å². The van der Waals surface area contributed by atoms with E-state index in [0.29, 0.717) is 30.1 Å². The molecule has 0 radical (unpaired) electrons. The quantitative estimate of drug-likeness (QED) is 0.845. The molecule has 4 aliphatic rings. The molecule has 3 heterocycles. The van der Waals surface area contributed by atoms with Crippen LogP contribution in [0, 0.1) is 6.92 Å². The first-order chi connectivity index (χ1) is 13.3. The number of rotatable bonds is 2. The molecule has 0 aromatic rings. The molecule has 10 heteroatoms. The van der Waals surface area contributed by atoms with Crippen LogP contribution in [0.4, 0.5) is 13.2 Å². The lowest BCUT2D eigenvalue weighted by Crippen LogP contribution is -2.45. The Morgan fingerprint density at radius 3 is 2.36 bits per heavy atom. The van der Waals surface area contributed by atoms with Crippen LogP contribution < -0.4 is 5.56 Å². The molecule has 0 bridgehead atoms. The predicted octanol–water partition coefficient (Wildman–Crippen LogP) is 2.76. The topological polar surface area (TPSA) is 83.9 Å². The minimum atomic E-state index is -4.86. The average molecular weight is 397 g/mol. The summed E-state index contributed by atoms with van der Waals surface area (Å²) in [4.78, 5) is 33.6. The van der Waals surface area contributed by atoms with Crippen molar-refractivity contribution >= 4 is 5.91 Å². The molecule has 28 heavy (non-hydrogen) atoms. The van der Waals surface area contributed by atoms with Crippen LogP contribution in [0.15, 0.2) is 4.79 Å². The molecule has 1 saturated carbocycles. The van der Waals surface area contributed by atoms with Crippen LogP contribution in [-0.2, 0) is 4.79 Å². The van der Waals surface area contributed by atoms with Crippen molar-refractivity contribution < 1.29 is 18.0 Å². The Hall–Kier alpha value is -2.39. The zero-order chi connectivity index (χ0) is 20.1. The number of carbonyl (C=O) groups is 1. The first kappa shape index (κ1) is 18.9. The summed E-state index contributed by atoms with van der Waals surface area (Å²) < 4.78 is 39.8. The number of aromatic nitrogens is 4. The molecule has 0 unspecified atom stereocenters. The van der Waals surface area contributed by atoms with Gasteiger partial charge in [-0.3, -0.25) is 14.3 Å². The highest BCUT2D eigenvalue weighted by molar-refractivity contribution is 5.81. The molecular formula is C18H22F3N5O2. The molecule has 3 aliphatic heterocycles. The van der Waals surface area contributed by atoms with Crippen molar-refractivity contribution in [2.45, 2.75) is 63.6 Å². The largest absolute Gasteiger partial charge is 0.471 e. The highest BCUT2D eigenvalue weighted by Gasteiger charge is 2.43. The molecule has 0 aromatic heterocycles. The summed E-state index contributed by atoms with van der Waals surface area (Å²) in [5.74, 6) is -1.11. The van der Waals surface area contributed by atoms with Gasteiger partial charge in [-0.15, -0.1) is 0 Å². The Labute approximate surface area is 159 Å². The van der Waals surface area contributed by atoms with E-state index in [-0.39, 0.29) is 30.6 Å². The van der Waals surface area contributed by atoms with Gasteiger partial charge in [0, 0.05) is 24.7 Å². The molecule has 2 fully saturated rings. The van der Waals surface area contributed by atoms with Gasteiger partial charge in [0.15, 0.2) is 5.82 Å². The third-order valence-corrected chi connectivity index (χ3v) is 5.85. The van der Waals surface area contributed by atoms with Crippen molar-refractivity contribution in [3.63, 3.8) is 0 Å². The number of halogens is 3. The van der Waals surface area contributed by atoms with Crippen molar-refractivity contribution in [2.75, 3.05) is 13.1 Å². The number of hydrogen-bond acceptors (Lipinski definition) is 4. The molecule has 4 rings (SSSR count). The number of nitrogens with one attached hydrogen (secondary N) is 1. The lowest BCUT2D eigenvalue weighted by molar-refractivity contribution is -0.186. The van der Waals surface area contributed by atoms with Crippen LogP contribution in [-0.4, -0.2) is 49.8 Å². The van der Waals surface area contributed by atoms with E-state index in [1.807, 2.05) is 11.6 Å². The fraction of sp³-hybridized carbons (Fsp3) is 0.667. The number of carbonyl (C=O) groups excluding carboxylic acids is 1. The zero-order valence-corrected chi connectivity index (χ0v) is 15.6. The SMILES string of the molecule is Cc1[nH]n(C2CCCC2)c2nc(C3CCN(C(=O)C(F)(F)F)CC3)nc(=O)c1-2. The number of piperidine rings is 1. The Kier molecular flexibility index (Phi) is 4.67. The van der Waals surface area contributed by atoms with Crippen LogP contribution in [0.3, 0.4) is 0 Å². The monoisotopic (exact) mass is 397 g/mol. The summed E-state index contributed by atoms with van der Waals surface area (Å²) >= 11 is 0. The smallest absolute Gasteiger partial charge is 0.335 e.